The first-order valence-electron chi connectivity index (χ1n) is 18.8. The highest BCUT2D eigenvalue weighted by Gasteiger charge is 2.52. The van der Waals surface area contributed by atoms with Crippen LogP contribution < -0.4 is 4.90 Å². The third-order valence-corrected chi connectivity index (χ3v) is 11.7. The first kappa shape index (κ1) is 30.6. The molecule has 0 unspecified atom stereocenters. The van der Waals surface area contributed by atoms with E-state index in [2.05, 4.69) is 217 Å². The van der Waals surface area contributed by atoms with Crippen LogP contribution in [-0.4, -0.2) is 0 Å². The van der Waals surface area contributed by atoms with Crippen LogP contribution in [0.3, 0.4) is 0 Å². The predicted octanol–water partition coefficient (Wildman–Crippen LogP) is 14.0. The second-order valence-electron chi connectivity index (χ2n) is 14.4. The molecule has 54 heavy (non-hydrogen) atoms. The van der Waals surface area contributed by atoms with Crippen molar-refractivity contribution < 1.29 is 0 Å². The number of rotatable bonds is 5. The molecular formula is C53H35N. The smallest absolute Gasteiger partial charge is 0.0726 e. The lowest BCUT2D eigenvalue weighted by atomic mass is 9.70. The summed E-state index contributed by atoms with van der Waals surface area (Å²) in [5.41, 5.74) is 18.5. The van der Waals surface area contributed by atoms with Gasteiger partial charge >= 0.3 is 0 Å². The molecule has 0 radical (unpaired) electrons. The van der Waals surface area contributed by atoms with Crippen molar-refractivity contribution in [2.24, 2.45) is 0 Å². The maximum absolute atomic E-state index is 2.44. The molecule has 0 aliphatic heterocycles. The van der Waals surface area contributed by atoms with Gasteiger partial charge in [-0.05, 0) is 108 Å². The quantitative estimate of drug-likeness (QED) is 0.174. The van der Waals surface area contributed by atoms with E-state index in [9.17, 15) is 0 Å². The van der Waals surface area contributed by atoms with E-state index in [0.717, 1.165) is 11.4 Å². The number of hydrogen-bond acceptors (Lipinski definition) is 1. The first-order valence-corrected chi connectivity index (χ1v) is 18.8. The second-order valence-corrected chi connectivity index (χ2v) is 14.4. The third kappa shape index (κ3) is 4.39. The highest BCUT2D eigenvalue weighted by atomic mass is 15.1. The minimum atomic E-state index is -0.392. The van der Waals surface area contributed by atoms with E-state index in [1.807, 2.05) is 0 Å². The molecule has 0 aromatic heterocycles. The van der Waals surface area contributed by atoms with Crippen LogP contribution in [0.15, 0.2) is 212 Å². The van der Waals surface area contributed by atoms with Crippen LogP contribution in [0.25, 0.3) is 55.3 Å². The first-order chi connectivity index (χ1) is 26.8. The average Bonchev–Trinajstić information content (AvgIpc) is 3.72. The topological polar surface area (TPSA) is 3.24 Å². The summed E-state index contributed by atoms with van der Waals surface area (Å²) in [5.74, 6) is 0. The summed E-state index contributed by atoms with van der Waals surface area (Å²) in [7, 11) is 0. The average molecular weight is 686 g/mol. The molecule has 0 saturated heterocycles. The Hall–Kier alpha value is -6.96. The van der Waals surface area contributed by atoms with Gasteiger partial charge in [-0.15, -0.1) is 0 Å². The van der Waals surface area contributed by atoms with E-state index in [1.54, 1.807) is 0 Å². The fourth-order valence-corrected chi connectivity index (χ4v) is 9.46. The number of hydrogen-bond donors (Lipinski definition) is 0. The standard InChI is InChI=1S/C53H35N/c1-2-19-40(20-3-1)54(41-33-31-36(32-34-41)38-17-12-18-39(35-38)43-25-13-16-37-15-4-5-21-42(37)43)51-30-14-29-50-52(51)46-24-8-11-28-49(46)53(50)47-26-9-6-22-44(47)45-23-7-10-27-48(45)53/h1-35H. The summed E-state index contributed by atoms with van der Waals surface area (Å²) < 4.78 is 0. The molecule has 252 valence electrons. The SMILES string of the molecule is c1ccc(N(c2ccc(-c3cccc(-c4cccc5ccccc45)c3)cc2)c2cccc3c2-c2ccccc2C32c3ccccc3-c3ccccc32)cc1. The summed E-state index contributed by atoms with van der Waals surface area (Å²) in [5, 5.41) is 2.53. The van der Waals surface area contributed by atoms with Crippen LogP contribution in [0.1, 0.15) is 22.3 Å². The lowest BCUT2D eigenvalue weighted by Gasteiger charge is -2.31. The van der Waals surface area contributed by atoms with Gasteiger partial charge in [0.05, 0.1) is 11.1 Å². The monoisotopic (exact) mass is 685 g/mol. The molecule has 0 bridgehead atoms. The van der Waals surface area contributed by atoms with E-state index in [4.69, 9.17) is 0 Å². The summed E-state index contributed by atoms with van der Waals surface area (Å²) in [6.07, 6.45) is 0. The van der Waals surface area contributed by atoms with Crippen LogP contribution in [0.5, 0.6) is 0 Å². The zero-order valence-electron chi connectivity index (χ0n) is 29.7. The van der Waals surface area contributed by atoms with E-state index in [0.29, 0.717) is 0 Å². The Balaban J connectivity index is 1.08. The molecule has 1 heteroatoms. The van der Waals surface area contributed by atoms with Crippen molar-refractivity contribution in [3.63, 3.8) is 0 Å². The molecule has 9 aromatic carbocycles. The Kier molecular flexibility index (Phi) is 6.84. The van der Waals surface area contributed by atoms with Gasteiger partial charge in [-0.2, -0.15) is 0 Å². The van der Waals surface area contributed by atoms with Crippen molar-refractivity contribution in [2.45, 2.75) is 5.41 Å². The molecular weight excluding hydrogens is 651 g/mol. The van der Waals surface area contributed by atoms with Gasteiger partial charge in [0, 0.05) is 16.9 Å². The van der Waals surface area contributed by atoms with Gasteiger partial charge < -0.3 is 4.90 Å². The van der Waals surface area contributed by atoms with Crippen molar-refractivity contribution in [1.82, 2.24) is 0 Å². The Morgan fingerprint density at radius 2 is 0.833 bits per heavy atom. The fraction of sp³-hybridized carbons (Fsp3) is 0.0189. The highest BCUT2D eigenvalue weighted by molar-refractivity contribution is 6.01. The molecule has 0 N–H and O–H groups in total. The maximum atomic E-state index is 2.44. The van der Waals surface area contributed by atoms with E-state index in [-0.39, 0.29) is 0 Å². The number of para-hydroxylation sites is 1. The minimum Gasteiger partial charge on any atom is -0.310 e. The van der Waals surface area contributed by atoms with Crippen molar-refractivity contribution in [3.05, 3.63) is 235 Å². The van der Waals surface area contributed by atoms with E-state index in [1.165, 1.54) is 83.2 Å². The molecule has 1 nitrogen and oxygen atoms in total. The Bertz CT molecular complexity index is 2830. The van der Waals surface area contributed by atoms with Crippen LogP contribution in [0, 0.1) is 0 Å². The Morgan fingerprint density at radius 1 is 0.315 bits per heavy atom. The van der Waals surface area contributed by atoms with Crippen molar-refractivity contribution >= 4 is 27.8 Å². The number of nitrogens with zero attached hydrogens (tertiary/aromatic N) is 1. The van der Waals surface area contributed by atoms with Crippen LogP contribution in [0.2, 0.25) is 0 Å². The van der Waals surface area contributed by atoms with Crippen molar-refractivity contribution in [3.8, 4) is 44.5 Å². The third-order valence-electron chi connectivity index (χ3n) is 11.7. The highest BCUT2D eigenvalue weighted by Crippen LogP contribution is 2.64. The fourth-order valence-electron chi connectivity index (χ4n) is 9.46. The molecule has 0 saturated carbocycles. The Morgan fingerprint density at radius 3 is 1.59 bits per heavy atom. The maximum Gasteiger partial charge on any atom is 0.0726 e. The van der Waals surface area contributed by atoms with Crippen LogP contribution in [-0.2, 0) is 5.41 Å². The summed E-state index contributed by atoms with van der Waals surface area (Å²) in [6, 6.07) is 78.1. The van der Waals surface area contributed by atoms with E-state index >= 15 is 0 Å². The van der Waals surface area contributed by atoms with Gasteiger partial charge in [0.25, 0.3) is 0 Å². The largest absolute Gasteiger partial charge is 0.310 e. The molecule has 9 aromatic rings. The van der Waals surface area contributed by atoms with Gasteiger partial charge in [0.2, 0.25) is 0 Å². The molecule has 0 atom stereocenters. The summed E-state index contributed by atoms with van der Waals surface area (Å²) in [4.78, 5) is 2.44. The molecule has 2 aliphatic rings. The predicted molar refractivity (Wildman–Crippen MR) is 226 cm³/mol. The van der Waals surface area contributed by atoms with E-state index < -0.39 is 5.41 Å². The number of anilines is 3. The lowest BCUT2D eigenvalue weighted by Crippen LogP contribution is -2.26. The van der Waals surface area contributed by atoms with Gasteiger partial charge in [0.1, 0.15) is 0 Å². The minimum absolute atomic E-state index is 0.392. The number of fused-ring (bicyclic) bond motifs is 11. The van der Waals surface area contributed by atoms with Gasteiger partial charge in [-0.1, -0.05) is 176 Å². The molecule has 1 spiro atoms. The van der Waals surface area contributed by atoms with Crippen LogP contribution >= 0.6 is 0 Å². The van der Waals surface area contributed by atoms with Gasteiger partial charge in [-0.3, -0.25) is 0 Å². The molecule has 0 amide bonds. The Labute approximate surface area is 316 Å². The summed E-state index contributed by atoms with van der Waals surface area (Å²) >= 11 is 0. The molecule has 2 aliphatic carbocycles. The molecule has 0 heterocycles. The van der Waals surface area contributed by atoms with Gasteiger partial charge in [0.15, 0.2) is 0 Å². The van der Waals surface area contributed by atoms with Crippen molar-refractivity contribution in [1.29, 1.82) is 0 Å². The van der Waals surface area contributed by atoms with Crippen LogP contribution in [0.4, 0.5) is 17.1 Å². The normalized spacial score (nSPS) is 13.0. The lowest BCUT2D eigenvalue weighted by molar-refractivity contribution is 0.794. The van der Waals surface area contributed by atoms with Gasteiger partial charge in [-0.25, -0.2) is 0 Å². The zero-order chi connectivity index (χ0) is 35.6. The summed E-state index contributed by atoms with van der Waals surface area (Å²) in [6.45, 7) is 0. The molecule has 11 rings (SSSR count). The molecule has 0 fully saturated rings. The second kappa shape index (κ2) is 12.0. The number of benzene rings is 9. The zero-order valence-corrected chi connectivity index (χ0v) is 29.7. The van der Waals surface area contributed by atoms with Crippen molar-refractivity contribution in [2.75, 3.05) is 4.90 Å².